The molecule has 0 spiro atoms. The largest absolute Gasteiger partial charge is 0.492 e. The molecule has 0 radical (unpaired) electrons. The van der Waals surface area contributed by atoms with E-state index in [0.717, 1.165) is 29.0 Å². The molecule has 1 aromatic heterocycles. The normalized spacial score (nSPS) is 17.2. The zero-order chi connectivity index (χ0) is 14.9. The van der Waals surface area contributed by atoms with E-state index in [2.05, 4.69) is 21.4 Å². The molecule has 5 heteroatoms. The van der Waals surface area contributed by atoms with Crippen LogP contribution in [-0.4, -0.2) is 22.6 Å². The molecule has 112 valence electrons. The van der Waals surface area contributed by atoms with Crippen molar-refractivity contribution < 1.29 is 4.74 Å². The second-order valence-electron chi connectivity index (χ2n) is 5.55. The molecule has 0 aliphatic carbocycles. The first-order valence-corrected chi connectivity index (χ1v) is 7.74. The van der Waals surface area contributed by atoms with Gasteiger partial charge in [0.05, 0.1) is 17.6 Å². The molecule has 0 amide bonds. The summed E-state index contributed by atoms with van der Waals surface area (Å²) < 4.78 is 5.79. The number of hydrogen-bond donors (Lipinski definition) is 2. The van der Waals surface area contributed by atoms with Crippen molar-refractivity contribution in [3.8, 4) is 5.75 Å². The molecule has 4 nitrogen and oxygen atoms in total. The van der Waals surface area contributed by atoms with Gasteiger partial charge in [-0.1, -0.05) is 29.8 Å². The van der Waals surface area contributed by atoms with Crippen molar-refractivity contribution in [1.82, 2.24) is 15.3 Å². The second kappa shape index (κ2) is 5.63. The highest BCUT2D eigenvalue weighted by atomic mass is 35.5. The summed E-state index contributed by atoms with van der Waals surface area (Å²) >= 11 is 5.99. The molecule has 2 N–H and O–H groups in total. The van der Waals surface area contributed by atoms with Crippen LogP contribution in [0.1, 0.15) is 11.4 Å². The number of aromatic amines is 1. The number of imidazole rings is 1. The number of fused-ring (bicyclic) bond motifs is 2. The van der Waals surface area contributed by atoms with Crippen molar-refractivity contribution in [3.05, 3.63) is 58.9 Å². The first-order chi connectivity index (χ1) is 10.8. The monoisotopic (exact) mass is 313 g/mol. The highest BCUT2D eigenvalue weighted by molar-refractivity contribution is 6.31. The average molecular weight is 314 g/mol. The summed E-state index contributed by atoms with van der Waals surface area (Å²) in [6.07, 6.45) is 0.974. The van der Waals surface area contributed by atoms with Gasteiger partial charge >= 0.3 is 0 Å². The number of nitrogens with zero attached hydrogens (tertiary/aromatic N) is 1. The van der Waals surface area contributed by atoms with Crippen LogP contribution in [0.4, 0.5) is 0 Å². The van der Waals surface area contributed by atoms with E-state index in [-0.39, 0.29) is 0 Å². The van der Waals surface area contributed by atoms with E-state index in [0.29, 0.717) is 24.2 Å². The van der Waals surface area contributed by atoms with E-state index in [4.69, 9.17) is 16.3 Å². The maximum absolute atomic E-state index is 5.99. The molecule has 0 fully saturated rings. The molecule has 1 aliphatic heterocycles. The van der Waals surface area contributed by atoms with Crippen LogP contribution in [0.2, 0.25) is 5.02 Å². The number of ether oxygens (including phenoxy) is 1. The summed E-state index contributed by atoms with van der Waals surface area (Å²) in [5.74, 6) is 1.91. The lowest BCUT2D eigenvalue weighted by atomic mass is 10.0. The Morgan fingerprint density at radius 2 is 2.18 bits per heavy atom. The number of nitrogens with one attached hydrogen (secondary N) is 2. The van der Waals surface area contributed by atoms with Gasteiger partial charge in [0.1, 0.15) is 18.2 Å². The minimum absolute atomic E-state index is 0.298. The fourth-order valence-electron chi connectivity index (χ4n) is 2.82. The predicted molar refractivity (Wildman–Crippen MR) is 87.4 cm³/mol. The van der Waals surface area contributed by atoms with Crippen LogP contribution in [0, 0.1) is 0 Å². The molecule has 1 atom stereocenters. The number of H-pyrrole nitrogens is 1. The summed E-state index contributed by atoms with van der Waals surface area (Å²) in [7, 11) is 0. The van der Waals surface area contributed by atoms with Crippen molar-refractivity contribution in [2.45, 2.75) is 19.0 Å². The van der Waals surface area contributed by atoms with Crippen LogP contribution in [0.3, 0.4) is 0 Å². The fourth-order valence-corrected chi connectivity index (χ4v) is 2.99. The van der Waals surface area contributed by atoms with Gasteiger partial charge in [0.2, 0.25) is 0 Å². The zero-order valence-electron chi connectivity index (χ0n) is 12.0. The molecule has 2 aromatic carbocycles. The van der Waals surface area contributed by atoms with E-state index in [1.54, 1.807) is 0 Å². The Morgan fingerprint density at radius 1 is 1.27 bits per heavy atom. The van der Waals surface area contributed by atoms with Gasteiger partial charge in [0.25, 0.3) is 0 Å². The Morgan fingerprint density at radius 3 is 3.14 bits per heavy atom. The van der Waals surface area contributed by atoms with Crippen LogP contribution < -0.4 is 10.1 Å². The highest BCUT2D eigenvalue weighted by Crippen LogP contribution is 2.24. The molecule has 22 heavy (non-hydrogen) atoms. The molecule has 4 rings (SSSR count). The van der Waals surface area contributed by atoms with Crippen molar-refractivity contribution in [1.29, 1.82) is 0 Å². The number of para-hydroxylation sites is 1. The molecule has 2 heterocycles. The lowest BCUT2D eigenvalue weighted by Crippen LogP contribution is -2.39. The lowest BCUT2D eigenvalue weighted by Gasteiger charge is -2.25. The first kappa shape index (κ1) is 13.6. The summed E-state index contributed by atoms with van der Waals surface area (Å²) in [6.45, 7) is 1.37. The van der Waals surface area contributed by atoms with Gasteiger partial charge < -0.3 is 15.0 Å². The third-order valence-corrected chi connectivity index (χ3v) is 4.17. The van der Waals surface area contributed by atoms with E-state index in [1.165, 1.54) is 5.56 Å². The quantitative estimate of drug-likeness (QED) is 0.780. The Bertz CT molecular complexity index is 815. The molecular formula is C17H16ClN3O. The third-order valence-electron chi connectivity index (χ3n) is 3.93. The third kappa shape index (κ3) is 2.67. The second-order valence-corrected chi connectivity index (χ2v) is 5.98. The van der Waals surface area contributed by atoms with Crippen LogP contribution in [0.15, 0.2) is 42.5 Å². The number of halogens is 1. The maximum Gasteiger partial charge on any atom is 0.122 e. The van der Waals surface area contributed by atoms with E-state index < -0.39 is 0 Å². The molecule has 0 bridgehead atoms. The summed E-state index contributed by atoms with van der Waals surface area (Å²) in [6, 6.07) is 14.2. The first-order valence-electron chi connectivity index (χ1n) is 7.36. The van der Waals surface area contributed by atoms with Gasteiger partial charge in [0.15, 0.2) is 0 Å². The van der Waals surface area contributed by atoms with Crippen molar-refractivity contribution >= 4 is 22.6 Å². The van der Waals surface area contributed by atoms with Crippen LogP contribution in [0.5, 0.6) is 5.75 Å². The highest BCUT2D eigenvalue weighted by Gasteiger charge is 2.19. The van der Waals surface area contributed by atoms with Crippen LogP contribution >= 0.6 is 11.6 Å². The summed E-state index contributed by atoms with van der Waals surface area (Å²) in [4.78, 5) is 7.86. The molecular weight excluding hydrogens is 298 g/mol. The Balaban J connectivity index is 1.44. The Kier molecular flexibility index (Phi) is 3.48. The Hall–Kier alpha value is -2.04. The smallest absolute Gasteiger partial charge is 0.122 e. The summed E-state index contributed by atoms with van der Waals surface area (Å²) in [5.41, 5.74) is 3.16. The van der Waals surface area contributed by atoms with E-state index in [9.17, 15) is 0 Å². The fraction of sp³-hybridized carbons (Fsp3) is 0.235. The van der Waals surface area contributed by atoms with E-state index in [1.807, 2.05) is 36.4 Å². The number of rotatable bonds is 3. The molecule has 0 saturated carbocycles. The topological polar surface area (TPSA) is 49.9 Å². The summed E-state index contributed by atoms with van der Waals surface area (Å²) in [5, 5.41) is 4.22. The van der Waals surface area contributed by atoms with Gasteiger partial charge in [-0.25, -0.2) is 4.98 Å². The van der Waals surface area contributed by atoms with E-state index >= 15 is 0 Å². The van der Waals surface area contributed by atoms with Crippen LogP contribution in [0.25, 0.3) is 11.0 Å². The van der Waals surface area contributed by atoms with Gasteiger partial charge in [-0.05, 0) is 36.2 Å². The van der Waals surface area contributed by atoms with Crippen LogP contribution in [-0.2, 0) is 13.0 Å². The molecule has 3 aromatic rings. The van der Waals surface area contributed by atoms with Crippen molar-refractivity contribution in [2.24, 2.45) is 0 Å². The maximum atomic E-state index is 5.99. The minimum atomic E-state index is 0.298. The van der Waals surface area contributed by atoms with Crippen molar-refractivity contribution in [3.63, 3.8) is 0 Å². The van der Waals surface area contributed by atoms with Gasteiger partial charge in [-0.15, -0.1) is 0 Å². The zero-order valence-corrected chi connectivity index (χ0v) is 12.7. The van der Waals surface area contributed by atoms with Gasteiger partial charge in [-0.3, -0.25) is 0 Å². The molecule has 1 unspecified atom stereocenters. The number of aromatic nitrogens is 2. The minimum Gasteiger partial charge on any atom is -0.492 e. The van der Waals surface area contributed by atoms with Crippen molar-refractivity contribution in [2.75, 3.05) is 6.61 Å². The Labute approximate surface area is 133 Å². The number of hydrogen-bond acceptors (Lipinski definition) is 3. The lowest BCUT2D eigenvalue weighted by molar-refractivity contribution is 0.237. The SMILES string of the molecule is Clc1ccc2nc(CNC3COc4ccccc4C3)[nH]c2c1. The average Bonchev–Trinajstić information content (AvgIpc) is 2.94. The van der Waals surface area contributed by atoms with Gasteiger partial charge in [-0.2, -0.15) is 0 Å². The number of benzene rings is 2. The molecule has 0 saturated heterocycles. The predicted octanol–water partition coefficient (Wildman–Crippen LogP) is 3.31. The van der Waals surface area contributed by atoms with Gasteiger partial charge in [0, 0.05) is 11.1 Å². The molecule has 1 aliphatic rings. The standard InChI is InChI=1S/C17H16ClN3O/c18-12-5-6-14-15(8-12)21-17(20-14)9-19-13-7-11-3-1-2-4-16(11)22-10-13/h1-6,8,13,19H,7,9-10H2,(H,20,21).